The summed E-state index contributed by atoms with van der Waals surface area (Å²) < 4.78 is 22.6. The zero-order chi connectivity index (χ0) is 12.5. The van der Waals surface area contributed by atoms with Crippen molar-refractivity contribution in [3.8, 4) is 0 Å². The van der Waals surface area contributed by atoms with E-state index >= 15 is 0 Å². The summed E-state index contributed by atoms with van der Waals surface area (Å²) in [5.41, 5.74) is 0. The molecule has 1 heterocycles. The molecule has 1 saturated heterocycles. The first-order valence-corrected chi connectivity index (χ1v) is 7.41. The Morgan fingerprint density at radius 2 is 1.71 bits per heavy atom. The van der Waals surface area contributed by atoms with Crippen LogP contribution in [-0.4, -0.2) is 55.9 Å². The van der Waals surface area contributed by atoms with Crippen molar-refractivity contribution in [1.82, 2.24) is 10.2 Å². The normalized spacial score (nSPS) is 27.2. The molecule has 0 radical (unpaired) electrons. The summed E-state index contributed by atoms with van der Waals surface area (Å²) in [7, 11) is -3.30. The third-order valence-corrected chi connectivity index (χ3v) is 4.35. The van der Waals surface area contributed by atoms with Crippen molar-refractivity contribution in [2.24, 2.45) is 0 Å². The van der Waals surface area contributed by atoms with Crippen molar-refractivity contribution < 1.29 is 13.2 Å². The van der Waals surface area contributed by atoms with Crippen LogP contribution in [0.1, 0.15) is 20.8 Å². The second kappa shape index (κ2) is 6.02. The number of nitrogens with zero attached hydrogens (tertiary/aromatic N) is 1. The zero-order valence-electron chi connectivity index (χ0n) is 10.6. The Kier molecular flexibility index (Phi) is 5.90. The lowest BCUT2D eigenvalue weighted by Gasteiger charge is -2.37. The molecule has 0 aromatic rings. The van der Waals surface area contributed by atoms with E-state index < -0.39 is 15.1 Å². The number of hydrogen-bond acceptors (Lipinski definition) is 4. The molecule has 1 rings (SSSR count). The minimum atomic E-state index is -3.30. The van der Waals surface area contributed by atoms with Crippen LogP contribution in [0, 0.1) is 0 Å². The summed E-state index contributed by atoms with van der Waals surface area (Å²) in [5, 5.41) is 2.36. The van der Waals surface area contributed by atoms with Crippen molar-refractivity contribution in [3.05, 3.63) is 0 Å². The van der Waals surface area contributed by atoms with Gasteiger partial charge in [-0.3, -0.25) is 4.79 Å². The van der Waals surface area contributed by atoms with Gasteiger partial charge in [-0.2, -0.15) is 0 Å². The average Bonchev–Trinajstić information content (AvgIpc) is 2.12. The highest BCUT2D eigenvalue weighted by Crippen LogP contribution is 2.09. The summed E-state index contributed by atoms with van der Waals surface area (Å²) in [6, 6.07) is 0.416. The Labute approximate surface area is 109 Å². The van der Waals surface area contributed by atoms with Crippen LogP contribution >= 0.6 is 12.4 Å². The molecule has 1 N–H and O–H groups in total. The second-order valence-electron chi connectivity index (χ2n) is 4.68. The van der Waals surface area contributed by atoms with Crippen molar-refractivity contribution in [1.29, 1.82) is 0 Å². The molecule has 0 aliphatic carbocycles. The molecule has 1 aliphatic heterocycles. The van der Waals surface area contributed by atoms with Crippen LogP contribution in [0.4, 0.5) is 0 Å². The van der Waals surface area contributed by atoms with E-state index in [0.717, 1.165) is 6.26 Å². The molecule has 1 amide bonds. The number of nitrogens with one attached hydrogen (secondary N) is 1. The van der Waals surface area contributed by atoms with Gasteiger partial charge in [-0.05, 0) is 20.8 Å². The van der Waals surface area contributed by atoms with Crippen LogP contribution in [0.5, 0.6) is 0 Å². The number of carbonyl (C=O) groups is 1. The number of piperazine rings is 1. The van der Waals surface area contributed by atoms with Gasteiger partial charge in [0.05, 0.1) is 0 Å². The lowest BCUT2D eigenvalue weighted by Crippen LogP contribution is -2.58. The largest absolute Gasteiger partial charge is 0.338 e. The molecule has 5 nitrogen and oxygen atoms in total. The first-order valence-electron chi connectivity index (χ1n) is 5.45. The summed E-state index contributed by atoms with van der Waals surface area (Å²) in [6.07, 6.45) is 1.10. The van der Waals surface area contributed by atoms with E-state index in [0.29, 0.717) is 13.1 Å². The fraction of sp³-hybridized carbons (Fsp3) is 0.900. The van der Waals surface area contributed by atoms with Crippen LogP contribution in [0.15, 0.2) is 0 Å². The van der Waals surface area contributed by atoms with Crippen LogP contribution in [0.3, 0.4) is 0 Å². The summed E-state index contributed by atoms with van der Waals surface area (Å²) >= 11 is 0. The van der Waals surface area contributed by atoms with E-state index in [2.05, 4.69) is 5.32 Å². The van der Waals surface area contributed by atoms with Crippen LogP contribution in [-0.2, 0) is 14.6 Å². The predicted octanol–water partition coefficient (Wildman–Crippen LogP) is 0.0501. The number of amides is 1. The third kappa shape index (κ3) is 4.44. The number of rotatable bonds is 2. The van der Waals surface area contributed by atoms with Gasteiger partial charge >= 0.3 is 0 Å². The van der Waals surface area contributed by atoms with Crippen LogP contribution in [0.25, 0.3) is 0 Å². The van der Waals surface area contributed by atoms with Gasteiger partial charge in [0.25, 0.3) is 0 Å². The highest BCUT2D eigenvalue weighted by atomic mass is 35.5. The average molecular weight is 285 g/mol. The molecule has 3 atom stereocenters. The summed E-state index contributed by atoms with van der Waals surface area (Å²) in [6.45, 7) is 6.57. The number of hydrogen-bond donors (Lipinski definition) is 1. The molecule has 3 unspecified atom stereocenters. The second-order valence-corrected chi connectivity index (χ2v) is 7.05. The van der Waals surface area contributed by atoms with Gasteiger partial charge in [0, 0.05) is 31.4 Å². The zero-order valence-corrected chi connectivity index (χ0v) is 12.3. The Morgan fingerprint density at radius 3 is 2.06 bits per heavy atom. The highest BCUT2D eigenvalue weighted by Gasteiger charge is 2.32. The lowest BCUT2D eigenvalue weighted by molar-refractivity contribution is -0.132. The van der Waals surface area contributed by atoms with Crippen molar-refractivity contribution in [3.63, 3.8) is 0 Å². The molecule has 1 fully saturated rings. The fourth-order valence-electron chi connectivity index (χ4n) is 1.95. The maximum absolute atomic E-state index is 12.0. The van der Waals surface area contributed by atoms with Crippen LogP contribution < -0.4 is 5.32 Å². The molecule has 0 aromatic carbocycles. The van der Waals surface area contributed by atoms with E-state index in [4.69, 9.17) is 0 Å². The fourth-order valence-corrected chi connectivity index (χ4v) is 2.46. The van der Waals surface area contributed by atoms with Gasteiger partial charge in [-0.25, -0.2) is 8.42 Å². The van der Waals surface area contributed by atoms with Gasteiger partial charge in [0.15, 0.2) is 9.84 Å². The van der Waals surface area contributed by atoms with Gasteiger partial charge in [-0.1, -0.05) is 0 Å². The number of carbonyl (C=O) groups excluding carboxylic acids is 1. The first-order chi connectivity index (χ1) is 7.21. The molecule has 17 heavy (non-hydrogen) atoms. The molecule has 7 heteroatoms. The summed E-state index contributed by atoms with van der Waals surface area (Å²) in [5.74, 6) is -0.289. The Hall–Kier alpha value is -0.330. The molecule has 0 aromatic heterocycles. The highest BCUT2D eigenvalue weighted by molar-refractivity contribution is 7.92. The van der Waals surface area contributed by atoms with E-state index in [9.17, 15) is 13.2 Å². The third-order valence-electron chi connectivity index (χ3n) is 2.86. The first kappa shape index (κ1) is 16.7. The molecular weight excluding hydrogens is 264 g/mol. The molecular formula is C10H21ClN2O3S. The van der Waals surface area contributed by atoms with Gasteiger partial charge in [-0.15, -0.1) is 12.4 Å². The van der Waals surface area contributed by atoms with Crippen molar-refractivity contribution in [2.45, 2.75) is 38.1 Å². The molecule has 0 saturated carbocycles. The summed E-state index contributed by atoms with van der Waals surface area (Å²) in [4.78, 5) is 13.6. The van der Waals surface area contributed by atoms with Gasteiger partial charge in [0.1, 0.15) is 5.25 Å². The molecule has 0 bridgehead atoms. The van der Waals surface area contributed by atoms with E-state index in [1.165, 1.54) is 6.92 Å². The SMILES string of the molecule is CC1CN(C(=O)C(C)S(C)(=O)=O)CC(C)N1.Cl. The molecule has 1 aliphatic rings. The standard InChI is InChI=1S/C10H20N2O3S.ClH/c1-7-5-12(6-8(2)11-7)10(13)9(3)16(4,14)15;/h7-9,11H,5-6H2,1-4H3;1H. The predicted molar refractivity (Wildman–Crippen MR) is 70.2 cm³/mol. The van der Waals surface area contributed by atoms with Crippen molar-refractivity contribution >= 4 is 28.2 Å². The van der Waals surface area contributed by atoms with Gasteiger partial charge in [0.2, 0.25) is 5.91 Å². The molecule has 102 valence electrons. The van der Waals surface area contributed by atoms with Gasteiger partial charge < -0.3 is 10.2 Å². The molecule has 0 spiro atoms. The minimum absolute atomic E-state index is 0. The maximum Gasteiger partial charge on any atom is 0.240 e. The smallest absolute Gasteiger partial charge is 0.240 e. The van der Waals surface area contributed by atoms with E-state index in [-0.39, 0.29) is 30.4 Å². The quantitative estimate of drug-likeness (QED) is 0.778. The Morgan fingerprint density at radius 1 is 1.29 bits per heavy atom. The van der Waals surface area contributed by atoms with Crippen molar-refractivity contribution in [2.75, 3.05) is 19.3 Å². The number of halogens is 1. The monoisotopic (exact) mass is 284 g/mol. The topological polar surface area (TPSA) is 66.5 Å². The maximum atomic E-state index is 12.0. The minimum Gasteiger partial charge on any atom is -0.338 e. The Bertz CT molecular complexity index is 362. The van der Waals surface area contributed by atoms with E-state index in [1.54, 1.807) is 4.90 Å². The van der Waals surface area contributed by atoms with E-state index in [1.807, 2.05) is 13.8 Å². The number of sulfone groups is 1. The Balaban J connectivity index is 0.00000256. The lowest BCUT2D eigenvalue weighted by atomic mass is 10.1. The van der Waals surface area contributed by atoms with Crippen LogP contribution in [0.2, 0.25) is 0 Å².